The molecule has 1 amide bonds. The topological polar surface area (TPSA) is 87.9 Å². The quantitative estimate of drug-likeness (QED) is 0.114. The molecule has 8 nitrogen and oxygen atoms in total. The van der Waals surface area contributed by atoms with Gasteiger partial charge in [-0.05, 0) is 120 Å². The number of aryl methyl sites for hydroxylation is 3. The molecule has 9 heteroatoms. The third-order valence-corrected chi connectivity index (χ3v) is 9.26. The van der Waals surface area contributed by atoms with Crippen LogP contribution in [0.5, 0.6) is 23.1 Å². The number of halogens is 1. The Labute approximate surface area is 310 Å². The number of hydrogen-bond acceptors (Lipinski definition) is 7. The van der Waals surface area contributed by atoms with Crippen LogP contribution in [0.15, 0.2) is 103 Å². The van der Waals surface area contributed by atoms with E-state index in [-0.39, 0.29) is 11.7 Å². The summed E-state index contributed by atoms with van der Waals surface area (Å²) in [5.74, 6) is 2.20. The van der Waals surface area contributed by atoms with Gasteiger partial charge in [-0.15, -0.1) is 0 Å². The molecule has 53 heavy (non-hydrogen) atoms. The van der Waals surface area contributed by atoms with E-state index in [0.29, 0.717) is 49.2 Å². The summed E-state index contributed by atoms with van der Waals surface area (Å²) in [4.78, 5) is 21.8. The Bertz CT molecular complexity index is 2060. The monoisotopic (exact) mass is 710 g/mol. The van der Waals surface area contributed by atoms with Gasteiger partial charge in [0.15, 0.2) is 0 Å². The minimum atomic E-state index is -0.271. The van der Waals surface area contributed by atoms with Crippen LogP contribution in [0.3, 0.4) is 0 Å². The van der Waals surface area contributed by atoms with Crippen LogP contribution in [0.25, 0.3) is 6.08 Å². The van der Waals surface area contributed by atoms with Crippen molar-refractivity contribution in [3.05, 3.63) is 154 Å². The lowest BCUT2D eigenvalue weighted by molar-refractivity contribution is -0.127. The number of nitrogens with zero attached hydrogens (tertiary/aromatic N) is 4. The van der Waals surface area contributed by atoms with Crippen molar-refractivity contribution in [2.24, 2.45) is 0 Å². The minimum absolute atomic E-state index is 0.00836. The highest BCUT2D eigenvalue weighted by Gasteiger charge is 2.20. The highest BCUT2D eigenvalue weighted by molar-refractivity contribution is 5.92. The zero-order valence-electron chi connectivity index (χ0n) is 30.3. The number of piperazine rings is 1. The summed E-state index contributed by atoms with van der Waals surface area (Å²) in [5.41, 5.74) is 8.09. The van der Waals surface area contributed by atoms with Gasteiger partial charge < -0.3 is 19.1 Å². The maximum Gasteiger partial charge on any atom is 0.246 e. The van der Waals surface area contributed by atoms with E-state index < -0.39 is 0 Å². The molecule has 0 aliphatic carbocycles. The number of pyridine rings is 1. The van der Waals surface area contributed by atoms with Gasteiger partial charge in [0.2, 0.25) is 11.8 Å². The van der Waals surface area contributed by atoms with Crippen molar-refractivity contribution in [2.45, 2.75) is 40.3 Å². The Morgan fingerprint density at radius 2 is 1.53 bits per heavy atom. The summed E-state index contributed by atoms with van der Waals surface area (Å²) < 4.78 is 30.9. The second-order valence-electron chi connectivity index (χ2n) is 13.3. The van der Waals surface area contributed by atoms with Crippen LogP contribution in [0.4, 0.5) is 4.39 Å². The molecule has 0 bridgehead atoms. The first-order valence-corrected chi connectivity index (χ1v) is 17.8. The molecule has 1 saturated heterocycles. The second kappa shape index (κ2) is 17.5. The molecule has 2 heterocycles. The second-order valence-corrected chi connectivity index (χ2v) is 13.3. The van der Waals surface area contributed by atoms with Crippen molar-refractivity contribution in [1.29, 1.82) is 5.26 Å². The number of hydrogen-bond donors (Lipinski definition) is 0. The minimum Gasteiger partial charge on any atom is -0.493 e. The van der Waals surface area contributed by atoms with Crippen LogP contribution in [-0.4, -0.2) is 53.5 Å². The summed E-state index contributed by atoms with van der Waals surface area (Å²) in [6, 6.07) is 29.6. The Morgan fingerprint density at radius 3 is 2.19 bits per heavy atom. The maximum atomic E-state index is 13.1. The first-order valence-electron chi connectivity index (χ1n) is 17.8. The number of aromatic nitrogens is 1. The molecule has 0 atom stereocenters. The molecule has 270 valence electrons. The average Bonchev–Trinajstić information content (AvgIpc) is 3.17. The van der Waals surface area contributed by atoms with Crippen LogP contribution < -0.4 is 14.2 Å². The number of carbonyl (C=O) groups excluding carboxylic acids is 1. The third kappa shape index (κ3) is 10.3. The van der Waals surface area contributed by atoms with Gasteiger partial charge in [0.25, 0.3) is 0 Å². The van der Waals surface area contributed by atoms with Gasteiger partial charge in [0.05, 0.1) is 24.4 Å². The lowest BCUT2D eigenvalue weighted by Crippen LogP contribution is -2.47. The fourth-order valence-electron chi connectivity index (χ4n) is 6.30. The zero-order chi connectivity index (χ0) is 37.2. The molecular formula is C44H43FN4O4. The first-order chi connectivity index (χ1) is 25.7. The van der Waals surface area contributed by atoms with E-state index in [1.54, 1.807) is 42.6 Å². The standard InChI is InChI=1S/C44H43FN4O4/c1-31-24-37(8-10-38(31)18-23-51-40-13-11-39(45)12-14-40)29-48-19-21-49(22-20-48)43(50)17-9-36-25-32(2)44(33(3)26-36)53-42-16-15-41(28-47-42)52-30-35-6-4-34(27-46)5-7-35/h4-17,24-26,28H,18-23,29-30H2,1-3H3. The smallest absolute Gasteiger partial charge is 0.246 e. The Hall–Kier alpha value is -5.98. The van der Waals surface area contributed by atoms with Crippen LogP contribution in [0.2, 0.25) is 0 Å². The molecule has 0 spiro atoms. The number of rotatable bonds is 13. The van der Waals surface area contributed by atoms with Crippen molar-refractivity contribution < 1.29 is 23.4 Å². The highest BCUT2D eigenvalue weighted by Crippen LogP contribution is 2.30. The fraction of sp³-hybridized carbons (Fsp3) is 0.250. The number of ether oxygens (including phenoxy) is 3. The van der Waals surface area contributed by atoms with E-state index in [2.05, 4.69) is 41.1 Å². The normalized spacial score (nSPS) is 13.2. The van der Waals surface area contributed by atoms with E-state index in [0.717, 1.165) is 54.1 Å². The molecule has 1 aliphatic heterocycles. The lowest BCUT2D eigenvalue weighted by Gasteiger charge is -2.34. The van der Waals surface area contributed by atoms with Crippen LogP contribution in [-0.2, 0) is 24.4 Å². The molecule has 5 aromatic rings. The van der Waals surface area contributed by atoms with Crippen molar-refractivity contribution in [2.75, 3.05) is 32.8 Å². The molecule has 0 unspecified atom stereocenters. The van der Waals surface area contributed by atoms with Gasteiger partial charge in [-0.25, -0.2) is 9.37 Å². The Morgan fingerprint density at radius 1 is 0.830 bits per heavy atom. The number of benzene rings is 4. The molecule has 0 N–H and O–H groups in total. The lowest BCUT2D eigenvalue weighted by atomic mass is 10.0. The van der Waals surface area contributed by atoms with Crippen molar-refractivity contribution >= 4 is 12.0 Å². The van der Waals surface area contributed by atoms with Crippen LogP contribution >= 0.6 is 0 Å². The van der Waals surface area contributed by atoms with E-state index in [1.807, 2.05) is 55.2 Å². The number of carbonyl (C=O) groups is 1. The van der Waals surface area contributed by atoms with Crippen LogP contribution in [0.1, 0.15) is 44.5 Å². The molecule has 1 aliphatic rings. The maximum absolute atomic E-state index is 13.1. The van der Waals surface area contributed by atoms with Crippen molar-refractivity contribution in [1.82, 2.24) is 14.8 Å². The molecular weight excluding hydrogens is 668 g/mol. The molecule has 6 rings (SSSR count). The van der Waals surface area contributed by atoms with Gasteiger partial charge in [0.1, 0.15) is 29.7 Å². The molecule has 0 radical (unpaired) electrons. The van der Waals surface area contributed by atoms with Crippen LogP contribution in [0, 0.1) is 37.9 Å². The summed E-state index contributed by atoms with van der Waals surface area (Å²) in [6.07, 6.45) is 5.93. The van der Waals surface area contributed by atoms with Gasteiger partial charge in [0, 0.05) is 51.3 Å². The third-order valence-electron chi connectivity index (χ3n) is 9.26. The van der Waals surface area contributed by atoms with Crippen molar-refractivity contribution in [3.8, 4) is 29.2 Å². The first kappa shape index (κ1) is 36.8. The van der Waals surface area contributed by atoms with E-state index in [9.17, 15) is 9.18 Å². The predicted octanol–water partition coefficient (Wildman–Crippen LogP) is 8.37. The Kier molecular flexibility index (Phi) is 12.1. The van der Waals surface area contributed by atoms with E-state index in [1.165, 1.54) is 28.8 Å². The zero-order valence-corrected chi connectivity index (χ0v) is 30.3. The largest absolute Gasteiger partial charge is 0.493 e. The summed E-state index contributed by atoms with van der Waals surface area (Å²) in [6.45, 7) is 10.8. The predicted molar refractivity (Wildman–Crippen MR) is 203 cm³/mol. The summed E-state index contributed by atoms with van der Waals surface area (Å²) >= 11 is 0. The van der Waals surface area contributed by atoms with Gasteiger partial charge in [-0.3, -0.25) is 9.69 Å². The van der Waals surface area contributed by atoms with Gasteiger partial charge >= 0.3 is 0 Å². The summed E-state index contributed by atoms with van der Waals surface area (Å²) in [5, 5.41) is 8.96. The molecule has 1 aromatic heterocycles. The van der Waals surface area contributed by atoms with Gasteiger partial charge in [-0.2, -0.15) is 5.26 Å². The fourth-order valence-corrected chi connectivity index (χ4v) is 6.30. The molecule has 4 aromatic carbocycles. The average molecular weight is 711 g/mol. The van der Waals surface area contributed by atoms with Crippen molar-refractivity contribution in [3.63, 3.8) is 0 Å². The molecule has 1 fully saturated rings. The van der Waals surface area contributed by atoms with Gasteiger partial charge in [-0.1, -0.05) is 30.3 Å². The number of nitriles is 1. The van der Waals surface area contributed by atoms with E-state index in [4.69, 9.17) is 19.5 Å². The van der Waals surface area contributed by atoms with E-state index >= 15 is 0 Å². The summed E-state index contributed by atoms with van der Waals surface area (Å²) in [7, 11) is 0. The molecule has 0 saturated carbocycles. The SMILES string of the molecule is Cc1cc(CN2CCN(C(=O)C=Cc3cc(C)c(Oc4ccc(OCc5ccc(C#N)cc5)cn4)c(C)c3)CC2)ccc1CCOc1ccc(F)cc1. The highest BCUT2D eigenvalue weighted by atomic mass is 19.1. The number of amides is 1. The Balaban J connectivity index is 0.943.